The molecule has 0 aliphatic rings. The van der Waals surface area contributed by atoms with Crippen LogP contribution in [0, 0.1) is 41.5 Å². The zero-order valence-electron chi connectivity index (χ0n) is 23.8. The van der Waals surface area contributed by atoms with Gasteiger partial charge in [0.25, 0.3) is 0 Å². The summed E-state index contributed by atoms with van der Waals surface area (Å²) in [7, 11) is 0. The van der Waals surface area contributed by atoms with Gasteiger partial charge >= 0.3 is 0 Å². The van der Waals surface area contributed by atoms with Crippen molar-refractivity contribution in [2.75, 3.05) is 0 Å². The Morgan fingerprint density at radius 3 is 0.921 bits per heavy atom. The van der Waals surface area contributed by atoms with Crippen molar-refractivity contribution in [2.24, 2.45) is 0 Å². The van der Waals surface area contributed by atoms with Crippen LogP contribution in [0.5, 0.6) is 0 Å². The maximum atomic E-state index is 3.88. The van der Waals surface area contributed by atoms with E-state index in [4.69, 9.17) is 0 Å². The molecule has 1 nitrogen and oxygen atoms in total. The normalized spacial score (nSPS) is 11.0. The number of hydrogen-bond donors (Lipinski definition) is 1. The first kappa shape index (κ1) is 27.2. The topological polar surface area (TPSA) is 27.6 Å². The lowest BCUT2D eigenvalue weighted by atomic mass is 9.13. The predicted octanol–water partition coefficient (Wildman–Crippen LogP) is 5.47. The van der Waals surface area contributed by atoms with Gasteiger partial charge in [0.15, 0.2) is 0 Å². The Bertz CT molecular complexity index is 1270. The molecule has 0 saturated heterocycles. The summed E-state index contributed by atoms with van der Waals surface area (Å²) in [6, 6.07) is 42.6. The van der Waals surface area contributed by atoms with Gasteiger partial charge in [0, 0.05) is 5.56 Å². The molecule has 5 aromatic carbocycles. The maximum Gasteiger partial charge on any atom is 0.131 e. The van der Waals surface area contributed by atoms with E-state index in [0.29, 0.717) is 0 Å². The summed E-state index contributed by atoms with van der Waals surface area (Å²) in [5.74, 6) is 0. The van der Waals surface area contributed by atoms with Crippen LogP contribution in [0.4, 0.5) is 5.69 Å². The summed E-state index contributed by atoms with van der Waals surface area (Å²) >= 11 is 0. The molecule has 2 heteroatoms. The molecular weight excluding hydrogens is 457 g/mol. The van der Waals surface area contributed by atoms with Crippen LogP contribution in [-0.2, 0) is 0 Å². The third-order valence-electron chi connectivity index (χ3n) is 8.03. The van der Waals surface area contributed by atoms with Crippen LogP contribution in [0.25, 0.3) is 0 Å². The highest BCUT2D eigenvalue weighted by Crippen LogP contribution is 2.13. The minimum atomic E-state index is -1.27. The van der Waals surface area contributed by atoms with Crippen molar-refractivity contribution in [3.05, 3.63) is 149 Å². The zero-order valence-corrected chi connectivity index (χ0v) is 23.8. The minimum Gasteiger partial charge on any atom is -0.325 e. The highest BCUT2D eigenvalue weighted by Gasteiger charge is 2.31. The summed E-state index contributed by atoms with van der Waals surface area (Å²) < 4.78 is 0. The van der Waals surface area contributed by atoms with E-state index in [9.17, 15) is 0 Å². The molecular formula is C36H40BN. The average molecular weight is 498 g/mol. The van der Waals surface area contributed by atoms with Crippen molar-refractivity contribution in [1.82, 2.24) is 0 Å². The third-order valence-corrected chi connectivity index (χ3v) is 8.03. The Labute approximate surface area is 229 Å². The summed E-state index contributed by atoms with van der Waals surface area (Å²) in [6.45, 7) is 12.8. The molecule has 0 aliphatic heterocycles. The van der Waals surface area contributed by atoms with Gasteiger partial charge in [-0.3, -0.25) is 0 Å². The first-order chi connectivity index (χ1) is 18.2. The van der Waals surface area contributed by atoms with Crippen LogP contribution >= 0.6 is 0 Å². The number of benzene rings is 5. The lowest BCUT2D eigenvalue weighted by Crippen LogP contribution is -2.74. The number of rotatable bonds is 4. The fourth-order valence-corrected chi connectivity index (χ4v) is 5.39. The van der Waals surface area contributed by atoms with Crippen molar-refractivity contribution in [3.63, 3.8) is 0 Å². The van der Waals surface area contributed by atoms with Gasteiger partial charge in [-0.1, -0.05) is 131 Å². The molecule has 192 valence electrons. The Morgan fingerprint density at radius 1 is 0.395 bits per heavy atom. The van der Waals surface area contributed by atoms with Gasteiger partial charge in [-0.05, 0) is 53.2 Å². The van der Waals surface area contributed by atoms with E-state index >= 15 is 0 Å². The standard InChI is InChI=1S/C28H28B.C8H11N/c1-21-5-13-25(14-6-21)29(26-15-7-22(2)8-16-26,27-17-9-23(3)10-18-27)28-19-11-24(4)12-20-28;1-6-4-3-5-8(9)7(6)2/h5-20H,1-4H3;3-5H,9H2,1-2H3/q-1;/p+1. The van der Waals surface area contributed by atoms with E-state index in [1.807, 2.05) is 12.1 Å². The molecule has 0 radical (unpaired) electrons. The van der Waals surface area contributed by atoms with Crippen molar-refractivity contribution >= 4 is 33.7 Å². The molecule has 0 aromatic heterocycles. The van der Waals surface area contributed by atoms with Crippen LogP contribution in [-0.4, -0.2) is 6.15 Å². The molecule has 5 rings (SSSR count). The summed E-state index contributed by atoms with van der Waals surface area (Å²) in [6.07, 6.45) is -1.27. The van der Waals surface area contributed by atoms with Gasteiger partial charge in [-0.2, -0.15) is 21.9 Å². The second kappa shape index (κ2) is 11.7. The first-order valence-corrected chi connectivity index (χ1v) is 13.5. The number of hydrogen-bond acceptors (Lipinski definition) is 0. The molecule has 0 atom stereocenters. The van der Waals surface area contributed by atoms with Gasteiger partial charge in [-0.15, -0.1) is 0 Å². The Morgan fingerprint density at radius 2 is 0.684 bits per heavy atom. The van der Waals surface area contributed by atoms with E-state index in [-0.39, 0.29) is 0 Å². The maximum absolute atomic E-state index is 3.88. The van der Waals surface area contributed by atoms with Crippen LogP contribution < -0.4 is 27.6 Å². The molecule has 3 N–H and O–H groups in total. The van der Waals surface area contributed by atoms with Crippen LogP contribution in [0.2, 0.25) is 0 Å². The molecule has 0 heterocycles. The summed E-state index contributed by atoms with van der Waals surface area (Å²) in [5, 5.41) is 0. The Kier molecular flexibility index (Phi) is 8.34. The fraction of sp³-hybridized carbons (Fsp3) is 0.167. The molecule has 0 amide bonds. The average Bonchev–Trinajstić information content (AvgIpc) is 2.92. The van der Waals surface area contributed by atoms with Gasteiger partial charge in [0.05, 0.1) is 0 Å². The summed E-state index contributed by atoms with van der Waals surface area (Å²) in [5.41, 5.74) is 18.2. The van der Waals surface area contributed by atoms with Crippen molar-refractivity contribution < 1.29 is 5.73 Å². The van der Waals surface area contributed by atoms with Gasteiger partial charge in [0.1, 0.15) is 11.8 Å². The van der Waals surface area contributed by atoms with Crippen LogP contribution in [0.1, 0.15) is 33.4 Å². The fourth-order valence-electron chi connectivity index (χ4n) is 5.39. The number of aryl methyl sites for hydroxylation is 5. The summed E-state index contributed by atoms with van der Waals surface area (Å²) in [4.78, 5) is 0. The van der Waals surface area contributed by atoms with Crippen molar-refractivity contribution in [3.8, 4) is 0 Å². The molecule has 5 aromatic rings. The molecule has 0 unspecified atom stereocenters. The largest absolute Gasteiger partial charge is 0.325 e. The lowest BCUT2D eigenvalue weighted by Gasteiger charge is -2.44. The zero-order chi connectivity index (χ0) is 27.3. The molecule has 0 bridgehead atoms. The second-order valence-corrected chi connectivity index (χ2v) is 10.9. The Balaban J connectivity index is 0.000000317. The van der Waals surface area contributed by atoms with Gasteiger partial charge in [-0.25, -0.2) is 0 Å². The van der Waals surface area contributed by atoms with Crippen LogP contribution in [0.15, 0.2) is 115 Å². The van der Waals surface area contributed by atoms with E-state index in [1.54, 1.807) is 0 Å². The quantitative estimate of drug-likeness (QED) is 0.319. The third kappa shape index (κ3) is 5.66. The smallest absolute Gasteiger partial charge is 0.131 e. The predicted molar refractivity (Wildman–Crippen MR) is 167 cm³/mol. The lowest BCUT2D eigenvalue weighted by molar-refractivity contribution is -0.255. The monoisotopic (exact) mass is 497 g/mol. The van der Waals surface area contributed by atoms with Gasteiger partial charge in [0.2, 0.25) is 0 Å². The Hall–Kier alpha value is -3.88. The SMILES string of the molecule is Cc1ccc([B-](c2ccc(C)cc2)(c2ccc(C)cc2)c2ccc(C)cc2)cc1.Cc1cccc([NH3+])c1C. The second-order valence-electron chi connectivity index (χ2n) is 10.9. The van der Waals surface area contributed by atoms with E-state index in [0.717, 1.165) is 5.69 Å². The van der Waals surface area contributed by atoms with Crippen molar-refractivity contribution in [2.45, 2.75) is 41.5 Å². The van der Waals surface area contributed by atoms with E-state index in [1.165, 1.54) is 55.2 Å². The molecule has 0 spiro atoms. The molecule has 38 heavy (non-hydrogen) atoms. The molecule has 0 saturated carbocycles. The minimum absolute atomic E-state index is 1.13. The highest BCUT2D eigenvalue weighted by atomic mass is 14.5. The molecule has 0 aliphatic carbocycles. The van der Waals surface area contributed by atoms with E-state index in [2.05, 4.69) is 150 Å². The molecule has 0 fully saturated rings. The van der Waals surface area contributed by atoms with Gasteiger partial charge < -0.3 is 5.73 Å². The number of quaternary nitrogens is 1. The van der Waals surface area contributed by atoms with Crippen LogP contribution in [0.3, 0.4) is 0 Å². The van der Waals surface area contributed by atoms with Crippen molar-refractivity contribution in [1.29, 1.82) is 0 Å². The first-order valence-electron chi connectivity index (χ1n) is 13.5. The highest BCUT2D eigenvalue weighted by molar-refractivity contribution is 7.19. The van der Waals surface area contributed by atoms with E-state index < -0.39 is 6.15 Å².